The number of phosphoric ester groups is 1. The fourth-order valence-corrected chi connectivity index (χ4v) is 7.22. The molecule has 1 aromatic heterocycles. The van der Waals surface area contributed by atoms with Gasteiger partial charge in [-0.25, -0.2) is 4.57 Å². The van der Waals surface area contributed by atoms with Gasteiger partial charge in [0.2, 0.25) is 0 Å². The third-order valence-electron chi connectivity index (χ3n) is 10.6. The van der Waals surface area contributed by atoms with Crippen LogP contribution in [-0.4, -0.2) is 109 Å². The van der Waals surface area contributed by atoms with Crippen LogP contribution in [0, 0.1) is 13.8 Å². The Kier molecular flexibility index (Phi) is 32.3. The first kappa shape index (κ1) is 58.9. The van der Waals surface area contributed by atoms with E-state index in [-0.39, 0.29) is 38.9 Å². The van der Waals surface area contributed by atoms with E-state index in [1.54, 1.807) is 42.5 Å². The van der Waals surface area contributed by atoms with Crippen LogP contribution in [0.5, 0.6) is 0 Å². The maximum absolute atomic E-state index is 12.8. The highest BCUT2D eigenvalue weighted by Crippen LogP contribution is 2.43. The second-order valence-corrected chi connectivity index (χ2v) is 19.0. The minimum absolute atomic E-state index is 0.0420. The number of allylic oxidation sites excluding steroid dienone is 7. The van der Waals surface area contributed by atoms with Crippen molar-refractivity contribution in [2.24, 2.45) is 0 Å². The Balaban J connectivity index is 2.48. The number of aryl methyl sites for hydroxylation is 2. The molecule has 1 rings (SSSR count). The molecule has 0 spiro atoms. The van der Waals surface area contributed by atoms with E-state index < -0.39 is 50.8 Å². The lowest BCUT2D eigenvalue weighted by Gasteiger charge is -2.24. The summed E-state index contributed by atoms with van der Waals surface area (Å²) in [5, 5.41) is 30.6. The summed E-state index contributed by atoms with van der Waals surface area (Å²) in [6, 6.07) is 0. The SMILES string of the molecule is CC/C=C\C[C@H](O)/C=C/C=C/C=C\C=C/[C@@H](O)[C@H](O)CCCC(=O)O[C@H](COC(=O)CCCCCCCCCCc1oc(CCCCC)c(C)c1C)COP(=O)(O)OCC[N+](C)(C)C. The highest BCUT2D eigenvalue weighted by molar-refractivity contribution is 7.47. The van der Waals surface area contributed by atoms with E-state index in [9.17, 15) is 34.4 Å². The molecule has 64 heavy (non-hydrogen) atoms. The maximum atomic E-state index is 12.8. The number of carbonyl (C=O) groups excluding carboxylic acids is 2. The number of unbranched alkanes of at least 4 members (excludes halogenated alkanes) is 9. The molecule has 0 aliphatic heterocycles. The lowest BCUT2D eigenvalue weighted by molar-refractivity contribution is -0.870. The molecule has 4 N–H and O–H groups in total. The number of phosphoric acid groups is 1. The molecular weight excluding hydrogens is 838 g/mol. The average Bonchev–Trinajstić information content (AvgIpc) is 3.50. The topological polar surface area (TPSA) is 182 Å². The zero-order valence-corrected chi connectivity index (χ0v) is 41.2. The van der Waals surface area contributed by atoms with Gasteiger partial charge in [-0.15, -0.1) is 0 Å². The lowest BCUT2D eigenvalue weighted by Crippen LogP contribution is -2.37. The van der Waals surface area contributed by atoms with Crippen LogP contribution in [0.25, 0.3) is 0 Å². The van der Waals surface area contributed by atoms with Crippen molar-refractivity contribution in [1.29, 1.82) is 0 Å². The normalized spacial score (nSPS) is 15.5. The Morgan fingerprint density at radius 3 is 1.88 bits per heavy atom. The molecule has 14 heteroatoms. The zero-order valence-electron chi connectivity index (χ0n) is 40.3. The van der Waals surface area contributed by atoms with E-state index in [0.29, 0.717) is 23.9 Å². The number of hydrogen-bond donors (Lipinski definition) is 4. The van der Waals surface area contributed by atoms with Crippen LogP contribution in [0.3, 0.4) is 0 Å². The molecule has 0 fully saturated rings. The monoisotopic (exact) mass is 923 g/mol. The Morgan fingerprint density at radius 2 is 1.27 bits per heavy atom. The Bertz CT molecular complexity index is 1610. The van der Waals surface area contributed by atoms with E-state index in [1.165, 1.54) is 36.5 Å². The number of hydrogen-bond acceptors (Lipinski definition) is 11. The van der Waals surface area contributed by atoms with E-state index >= 15 is 0 Å². The van der Waals surface area contributed by atoms with Gasteiger partial charge in [-0.05, 0) is 69.9 Å². The molecule has 0 aliphatic carbocycles. The zero-order chi connectivity index (χ0) is 47.6. The molecule has 13 nitrogen and oxygen atoms in total. The number of furan rings is 1. The number of aliphatic hydroxyl groups excluding tert-OH is 3. The van der Waals surface area contributed by atoms with Gasteiger partial charge in [-0.3, -0.25) is 18.6 Å². The van der Waals surface area contributed by atoms with Gasteiger partial charge in [0.05, 0.1) is 46.1 Å². The predicted molar refractivity (Wildman–Crippen MR) is 255 cm³/mol. The van der Waals surface area contributed by atoms with Crippen molar-refractivity contribution in [3.05, 3.63) is 83.4 Å². The van der Waals surface area contributed by atoms with Crippen LogP contribution in [0.4, 0.5) is 0 Å². The van der Waals surface area contributed by atoms with Gasteiger partial charge in [0.15, 0.2) is 6.10 Å². The Morgan fingerprint density at radius 1 is 0.703 bits per heavy atom. The fourth-order valence-electron chi connectivity index (χ4n) is 6.47. The number of quaternary nitrogens is 1. The summed E-state index contributed by atoms with van der Waals surface area (Å²) in [4.78, 5) is 35.6. The number of aliphatic hydroxyl groups is 3. The molecule has 0 radical (unpaired) electrons. The van der Waals surface area contributed by atoms with Crippen LogP contribution >= 0.6 is 7.82 Å². The third kappa shape index (κ3) is 30.9. The smallest absolute Gasteiger partial charge is 0.466 e. The molecule has 5 atom stereocenters. The first-order chi connectivity index (χ1) is 30.5. The summed E-state index contributed by atoms with van der Waals surface area (Å²) in [5.41, 5.74) is 2.62. The van der Waals surface area contributed by atoms with Gasteiger partial charge < -0.3 is 38.6 Å². The number of carbonyl (C=O) groups is 2. The molecule has 366 valence electrons. The van der Waals surface area contributed by atoms with Crippen molar-refractivity contribution in [3.63, 3.8) is 0 Å². The number of ether oxygens (including phenoxy) is 2. The minimum Gasteiger partial charge on any atom is -0.466 e. The summed E-state index contributed by atoms with van der Waals surface area (Å²) in [7, 11) is 1.23. The molecule has 0 saturated carbocycles. The summed E-state index contributed by atoms with van der Waals surface area (Å²) in [6.07, 6.45) is 29.0. The van der Waals surface area contributed by atoms with Gasteiger partial charge in [0, 0.05) is 25.7 Å². The second kappa shape index (κ2) is 35.1. The highest BCUT2D eigenvalue weighted by atomic mass is 31.2. The van der Waals surface area contributed by atoms with Crippen LogP contribution < -0.4 is 0 Å². The molecule has 0 aromatic carbocycles. The number of esters is 2. The summed E-state index contributed by atoms with van der Waals surface area (Å²) in [6.45, 7) is 8.09. The van der Waals surface area contributed by atoms with E-state index in [1.807, 2.05) is 40.2 Å². The summed E-state index contributed by atoms with van der Waals surface area (Å²) in [5.74, 6) is 1.14. The predicted octanol–water partition coefficient (Wildman–Crippen LogP) is 9.81. The molecule has 1 heterocycles. The van der Waals surface area contributed by atoms with Crippen molar-refractivity contribution >= 4 is 19.8 Å². The van der Waals surface area contributed by atoms with E-state index in [0.717, 1.165) is 75.7 Å². The Labute approximate surface area is 385 Å². The molecule has 0 saturated heterocycles. The van der Waals surface area contributed by atoms with Crippen LogP contribution in [0.15, 0.2) is 65.2 Å². The lowest BCUT2D eigenvalue weighted by atomic mass is 10.0. The van der Waals surface area contributed by atoms with Gasteiger partial charge in [0.25, 0.3) is 0 Å². The molecular formula is C50H85NO12P+. The summed E-state index contributed by atoms with van der Waals surface area (Å²) < 4.78 is 40.3. The molecule has 0 aliphatic rings. The van der Waals surface area contributed by atoms with Gasteiger partial charge in [0.1, 0.15) is 31.3 Å². The number of rotatable bonds is 38. The van der Waals surface area contributed by atoms with Crippen molar-refractivity contribution in [2.45, 2.75) is 174 Å². The fraction of sp³-hybridized carbons (Fsp3) is 0.680. The van der Waals surface area contributed by atoms with Crippen molar-refractivity contribution in [2.75, 3.05) is 47.5 Å². The molecule has 1 unspecified atom stereocenters. The van der Waals surface area contributed by atoms with Crippen LogP contribution in [-0.2, 0) is 45.5 Å². The largest absolute Gasteiger partial charge is 0.472 e. The number of likely N-dealkylation sites (N-methyl/N-ethyl adjacent to an activating group) is 1. The average molecular weight is 923 g/mol. The molecule has 0 amide bonds. The molecule has 0 bridgehead atoms. The van der Waals surface area contributed by atoms with Crippen LogP contribution in [0.2, 0.25) is 0 Å². The standard InChI is InChI=1S/C50H84NO12P/c1-8-10-22-29-43(52)30-24-18-16-17-19-25-31-45(53)46(54)32-28-36-50(56)62-44(40-61-64(57,58)60-38-37-51(5,6)7)39-59-49(55)35-27-21-15-13-12-14-20-26-34-48-42(4)41(3)47(63-48)33-23-11-9-2/h10,16-19,22,24-25,30-31,43-46,52-54H,8-9,11-15,20-21,23,26-29,32-40H2,1-7H3/p+1/b18-16+,19-17-,22-10-,30-24+,31-25-/t43-,44+,45+,46+/m0/s1. The second-order valence-electron chi connectivity index (χ2n) is 17.6. The molecule has 1 aromatic rings. The van der Waals surface area contributed by atoms with E-state index in [2.05, 4.69) is 20.8 Å². The number of nitrogens with zero attached hydrogens (tertiary/aromatic N) is 1. The van der Waals surface area contributed by atoms with Crippen molar-refractivity contribution in [3.8, 4) is 0 Å². The van der Waals surface area contributed by atoms with Crippen molar-refractivity contribution < 1.29 is 61.8 Å². The van der Waals surface area contributed by atoms with Gasteiger partial charge in [-0.2, -0.15) is 0 Å². The summed E-state index contributed by atoms with van der Waals surface area (Å²) >= 11 is 0. The quantitative estimate of drug-likeness (QED) is 0.0123. The minimum atomic E-state index is -4.49. The van der Waals surface area contributed by atoms with Gasteiger partial charge >= 0.3 is 19.8 Å². The Hall–Kier alpha value is -3.13. The maximum Gasteiger partial charge on any atom is 0.472 e. The van der Waals surface area contributed by atoms with E-state index in [4.69, 9.17) is 22.9 Å². The van der Waals surface area contributed by atoms with Crippen LogP contribution in [0.1, 0.15) is 146 Å². The third-order valence-corrected chi connectivity index (χ3v) is 11.6. The highest BCUT2D eigenvalue weighted by Gasteiger charge is 2.27. The van der Waals surface area contributed by atoms with Crippen molar-refractivity contribution in [1.82, 2.24) is 0 Å². The first-order valence-electron chi connectivity index (χ1n) is 23.7. The first-order valence-corrected chi connectivity index (χ1v) is 25.2. The van der Waals surface area contributed by atoms with Gasteiger partial charge in [-0.1, -0.05) is 126 Å².